The molecule has 2 aliphatic heterocycles. The Morgan fingerprint density at radius 3 is 1.45 bits per heavy atom. The molecule has 9 nitrogen and oxygen atoms in total. The molecule has 0 aromatic heterocycles. The second kappa shape index (κ2) is 17.4. The van der Waals surface area contributed by atoms with E-state index >= 15 is 0 Å². The number of carbonyl (C=O) groups excluding carboxylic acids is 1. The van der Waals surface area contributed by atoms with Gasteiger partial charge in [0.25, 0.3) is 0 Å². The zero-order valence-electron chi connectivity index (χ0n) is 33.2. The maximum absolute atomic E-state index is 14.7. The molecule has 0 aliphatic carbocycles. The monoisotopic (exact) mass is 719 g/mol. The highest BCUT2D eigenvalue weighted by Crippen LogP contribution is 2.69. The van der Waals surface area contributed by atoms with E-state index < -0.39 is 18.2 Å². The SMILES string of the molecule is CCOC(=O)[C@@H]1C([P+]([S-])(N(C(C)C)C(C)C)N(C(C)C)C(C)C)=[NH+]N(C(P)(N(C(C)C)C(C)C)N(C(C)C)C(C)C)[C@H]1N1CCCC1. The van der Waals surface area contributed by atoms with Crippen LogP contribution in [-0.2, 0) is 21.8 Å². The first-order chi connectivity index (χ1) is 21.6. The third kappa shape index (κ3) is 8.54. The van der Waals surface area contributed by atoms with Gasteiger partial charge in [-0.2, -0.15) is 9.34 Å². The molecule has 0 spiro atoms. The molecule has 3 atom stereocenters. The summed E-state index contributed by atoms with van der Waals surface area (Å²) < 4.78 is 11.1. The normalized spacial score (nSPS) is 20.7. The number of carbonyl (C=O) groups is 1. The highest BCUT2D eigenvalue weighted by Gasteiger charge is 2.69. The van der Waals surface area contributed by atoms with Crippen LogP contribution in [0, 0.1) is 5.92 Å². The number of rotatable bonds is 17. The van der Waals surface area contributed by atoms with Crippen LogP contribution in [0.2, 0.25) is 0 Å². The minimum atomic E-state index is -2.80. The standard InChI is InChI=1S/C35H73N7O2P2S/c1-18-44-34(43)31-32(46(47,40(27(10)11)28(12)13)41(29(14)15)30(16)17)36-42(33(31)37-21-19-20-22-37)35(45,38(23(2)3)24(4)5)39(25(6)7)26(8)9/h23-31,33H,18-22,45H2,1-17H3/p+1/t31-,33-/m1/s1. The summed E-state index contributed by atoms with van der Waals surface area (Å²) in [6.45, 7) is 37.6. The minimum absolute atomic E-state index is 0.170. The van der Waals surface area contributed by atoms with E-state index in [1.165, 1.54) is 0 Å². The van der Waals surface area contributed by atoms with E-state index in [-0.39, 0.29) is 60.5 Å². The van der Waals surface area contributed by atoms with Gasteiger partial charge in [-0.1, -0.05) is 14.3 Å². The van der Waals surface area contributed by atoms with Crippen LogP contribution in [0.5, 0.6) is 0 Å². The van der Waals surface area contributed by atoms with Crippen molar-refractivity contribution in [3.05, 3.63) is 0 Å². The molecule has 0 aromatic carbocycles. The van der Waals surface area contributed by atoms with Gasteiger partial charge >= 0.3 is 11.4 Å². The molecule has 2 rings (SSSR count). The van der Waals surface area contributed by atoms with Crippen molar-refractivity contribution in [1.82, 2.24) is 29.0 Å². The summed E-state index contributed by atoms with van der Waals surface area (Å²) >= 11 is 7.21. The molecular weight excluding hydrogens is 644 g/mol. The highest BCUT2D eigenvalue weighted by atomic mass is 32.7. The van der Waals surface area contributed by atoms with Crippen LogP contribution < -0.4 is 5.10 Å². The second-order valence-corrected chi connectivity index (χ2v) is 20.6. The molecule has 1 unspecified atom stereocenters. The van der Waals surface area contributed by atoms with Crippen LogP contribution in [0.1, 0.15) is 131 Å². The fourth-order valence-electron chi connectivity index (χ4n) is 8.83. The maximum atomic E-state index is 14.7. The molecule has 1 N–H and O–H groups in total. The summed E-state index contributed by atoms with van der Waals surface area (Å²) in [5, 5.41) is 6.54. The lowest BCUT2D eigenvalue weighted by molar-refractivity contribution is -0.678. The second-order valence-electron chi connectivity index (χ2n) is 15.8. The van der Waals surface area contributed by atoms with Gasteiger partial charge in [-0.05, 0) is 131 Å². The van der Waals surface area contributed by atoms with Gasteiger partial charge in [-0.25, -0.2) is 0 Å². The van der Waals surface area contributed by atoms with Crippen LogP contribution >= 0.6 is 16.0 Å². The van der Waals surface area contributed by atoms with Crippen molar-refractivity contribution in [3.63, 3.8) is 0 Å². The lowest BCUT2D eigenvalue weighted by Gasteiger charge is -2.57. The van der Waals surface area contributed by atoms with Crippen LogP contribution in [-0.4, -0.2) is 120 Å². The van der Waals surface area contributed by atoms with E-state index in [9.17, 15) is 4.79 Å². The highest BCUT2D eigenvalue weighted by molar-refractivity contribution is 8.46. The average molecular weight is 719 g/mol. The number of hydrazine groups is 1. The third-order valence-corrected chi connectivity index (χ3v) is 16.2. The lowest BCUT2D eigenvalue weighted by atomic mass is 10.1. The molecule has 276 valence electrons. The topological polar surface area (TPSA) is 59.7 Å². The van der Waals surface area contributed by atoms with Crippen molar-refractivity contribution in [3.8, 4) is 0 Å². The number of nitrogens with zero attached hydrogens (tertiary/aromatic N) is 6. The van der Waals surface area contributed by atoms with Gasteiger partial charge in [0.2, 0.25) is 11.4 Å². The Morgan fingerprint density at radius 1 is 0.787 bits per heavy atom. The zero-order valence-corrected chi connectivity index (χ0v) is 36.1. The average Bonchev–Trinajstić information content (AvgIpc) is 3.55. The lowest BCUT2D eigenvalue weighted by Crippen LogP contribution is -2.92. The summed E-state index contributed by atoms with van der Waals surface area (Å²) in [6, 6.07) is 1.54. The van der Waals surface area contributed by atoms with Gasteiger partial charge in [-0.15, -0.1) is 5.01 Å². The number of hydrazone groups is 1. The fourth-order valence-corrected chi connectivity index (χ4v) is 17.0. The molecule has 0 amide bonds. The first-order valence-corrected chi connectivity index (χ1v) is 21.8. The maximum Gasteiger partial charge on any atom is 0.345 e. The van der Waals surface area contributed by atoms with E-state index in [0.717, 1.165) is 31.4 Å². The number of hydrogen-bond donors (Lipinski definition) is 1. The van der Waals surface area contributed by atoms with Gasteiger partial charge in [0, 0.05) is 61.4 Å². The summed E-state index contributed by atoms with van der Waals surface area (Å²) in [5.74, 6) is -0.752. The van der Waals surface area contributed by atoms with E-state index in [0.29, 0.717) is 6.61 Å². The zero-order chi connectivity index (χ0) is 36.3. The van der Waals surface area contributed by atoms with Gasteiger partial charge in [0.1, 0.15) is 6.77 Å². The van der Waals surface area contributed by atoms with E-state index in [2.05, 4.69) is 154 Å². The van der Waals surface area contributed by atoms with Crippen molar-refractivity contribution in [2.45, 2.75) is 191 Å². The van der Waals surface area contributed by atoms with Crippen LogP contribution in [0.15, 0.2) is 0 Å². The van der Waals surface area contributed by atoms with Crippen molar-refractivity contribution < 1.29 is 14.6 Å². The fraction of sp³-hybridized carbons (Fsp3) is 0.943. The van der Waals surface area contributed by atoms with E-state index in [1.807, 2.05) is 6.92 Å². The number of ether oxygens (including phenoxy) is 1. The number of nitrogens with one attached hydrogen (secondary N) is 1. The van der Waals surface area contributed by atoms with Crippen LogP contribution in [0.25, 0.3) is 0 Å². The van der Waals surface area contributed by atoms with Gasteiger partial charge < -0.3 is 17.0 Å². The molecule has 2 heterocycles. The number of esters is 1. The third-order valence-electron chi connectivity index (χ3n) is 9.54. The summed E-state index contributed by atoms with van der Waals surface area (Å²) in [5.41, 5.74) is 0.241. The Hall–Kier alpha value is -0.0500. The Balaban J connectivity index is 3.27. The smallest absolute Gasteiger partial charge is 0.345 e. The van der Waals surface area contributed by atoms with Crippen molar-refractivity contribution in [1.29, 1.82) is 0 Å². The molecule has 2 aliphatic rings. The van der Waals surface area contributed by atoms with Crippen molar-refractivity contribution in [2.24, 2.45) is 5.92 Å². The molecule has 1 fully saturated rings. The Bertz CT molecular complexity index is 961. The number of likely N-dealkylation sites (tertiary alicyclic amines) is 1. The van der Waals surface area contributed by atoms with E-state index in [4.69, 9.17) is 17.0 Å². The summed E-state index contributed by atoms with van der Waals surface area (Å²) in [4.78, 5) is 22.4. The van der Waals surface area contributed by atoms with Gasteiger partial charge in [-0.3, -0.25) is 19.5 Å². The molecule has 0 radical (unpaired) electrons. The Labute approximate surface area is 298 Å². The first-order valence-electron chi connectivity index (χ1n) is 18.5. The molecule has 47 heavy (non-hydrogen) atoms. The van der Waals surface area contributed by atoms with Gasteiger partial charge in [0.05, 0.1) is 6.61 Å². The van der Waals surface area contributed by atoms with Gasteiger partial charge in [0.15, 0.2) is 6.17 Å². The Morgan fingerprint density at radius 2 is 1.15 bits per heavy atom. The minimum Gasteiger partial charge on any atom is -0.507 e. The number of hydrogen-bond acceptors (Lipinski definition) is 9. The predicted molar refractivity (Wildman–Crippen MR) is 208 cm³/mol. The molecule has 1 saturated heterocycles. The van der Waals surface area contributed by atoms with Crippen molar-refractivity contribution >= 4 is 39.7 Å². The summed E-state index contributed by atoms with van der Waals surface area (Å²) in [7, 11) is 3.33. The molecule has 0 saturated carbocycles. The molecule has 0 bridgehead atoms. The van der Waals surface area contributed by atoms with E-state index in [1.54, 1.807) is 0 Å². The molecule has 12 heteroatoms. The summed E-state index contributed by atoms with van der Waals surface area (Å²) in [6.07, 6.45) is 1.93. The van der Waals surface area contributed by atoms with Crippen LogP contribution in [0.4, 0.5) is 0 Å². The molecule has 0 aromatic rings. The quantitative estimate of drug-likeness (QED) is 0.0902. The first kappa shape index (κ1) is 43.1. The van der Waals surface area contributed by atoms with Crippen LogP contribution in [0.3, 0.4) is 0 Å². The predicted octanol–water partition coefficient (Wildman–Crippen LogP) is 5.57. The largest absolute Gasteiger partial charge is 0.507 e. The molecular formula is C35H74N7O2P2S+. The Kier molecular flexibility index (Phi) is 16.0. The van der Waals surface area contributed by atoms with Crippen molar-refractivity contribution in [2.75, 3.05) is 19.7 Å².